The summed E-state index contributed by atoms with van der Waals surface area (Å²) in [4.78, 5) is 13.7. The Balaban J connectivity index is 1.89. The quantitative estimate of drug-likeness (QED) is 0.585. The lowest BCUT2D eigenvalue weighted by atomic mass is 10.2. The van der Waals surface area contributed by atoms with E-state index in [0.29, 0.717) is 10.6 Å². The maximum atomic E-state index is 12.7. The number of carbonyl (C=O) groups excluding carboxylic acids is 1. The number of aromatic amines is 1. The van der Waals surface area contributed by atoms with Crippen molar-refractivity contribution in [1.29, 1.82) is 0 Å². The summed E-state index contributed by atoms with van der Waals surface area (Å²) < 4.78 is 3.14. The van der Waals surface area contributed by atoms with E-state index < -0.39 is 6.04 Å². The van der Waals surface area contributed by atoms with Crippen LogP contribution in [0.4, 0.5) is 5.69 Å². The minimum absolute atomic E-state index is 0.143. The summed E-state index contributed by atoms with van der Waals surface area (Å²) in [5.41, 5.74) is 1.77. The number of rotatable bonds is 4. The normalized spacial score (nSPS) is 12.1. The van der Waals surface area contributed by atoms with Gasteiger partial charge >= 0.3 is 0 Å². The zero-order valence-corrected chi connectivity index (χ0v) is 16.3. The summed E-state index contributed by atoms with van der Waals surface area (Å²) in [6.07, 6.45) is 0. The lowest BCUT2D eigenvalue weighted by molar-refractivity contribution is -0.118. The summed E-state index contributed by atoms with van der Waals surface area (Å²) in [5.74, 6) is 0.529. The molecule has 8 heteroatoms. The SMILES string of the molecule is Cc1cc(Br)ccc1NC(=O)C(C)n1c(-c2cccs2)n[nH]c1=S. The van der Waals surface area contributed by atoms with Gasteiger partial charge < -0.3 is 5.32 Å². The number of nitrogens with zero attached hydrogens (tertiary/aromatic N) is 2. The third-order valence-electron chi connectivity index (χ3n) is 3.66. The highest BCUT2D eigenvalue weighted by Gasteiger charge is 2.21. The van der Waals surface area contributed by atoms with Crippen molar-refractivity contribution in [2.24, 2.45) is 0 Å². The van der Waals surface area contributed by atoms with E-state index in [4.69, 9.17) is 12.2 Å². The van der Waals surface area contributed by atoms with Gasteiger partial charge in [-0.05, 0) is 61.3 Å². The van der Waals surface area contributed by atoms with Gasteiger partial charge in [0.2, 0.25) is 5.91 Å². The number of nitrogens with one attached hydrogen (secondary N) is 2. The number of aromatic nitrogens is 3. The number of thiophene rings is 1. The van der Waals surface area contributed by atoms with Crippen molar-refractivity contribution >= 4 is 51.1 Å². The molecule has 5 nitrogen and oxygen atoms in total. The molecule has 0 radical (unpaired) electrons. The summed E-state index contributed by atoms with van der Waals surface area (Å²) in [6.45, 7) is 3.76. The van der Waals surface area contributed by atoms with Crippen LogP contribution in [0.25, 0.3) is 10.7 Å². The molecule has 3 rings (SSSR count). The van der Waals surface area contributed by atoms with E-state index in [1.54, 1.807) is 15.9 Å². The van der Waals surface area contributed by atoms with Crippen LogP contribution in [0.3, 0.4) is 0 Å². The van der Waals surface area contributed by atoms with Crippen LogP contribution in [0.5, 0.6) is 0 Å². The van der Waals surface area contributed by atoms with E-state index in [1.807, 2.05) is 49.6 Å². The molecule has 1 atom stereocenters. The van der Waals surface area contributed by atoms with Crippen molar-refractivity contribution in [1.82, 2.24) is 14.8 Å². The summed E-state index contributed by atoms with van der Waals surface area (Å²) >= 11 is 10.3. The molecule has 124 valence electrons. The molecule has 0 bridgehead atoms. The fourth-order valence-electron chi connectivity index (χ4n) is 2.37. The predicted molar refractivity (Wildman–Crippen MR) is 103 cm³/mol. The highest BCUT2D eigenvalue weighted by atomic mass is 79.9. The molecule has 2 aromatic heterocycles. The van der Waals surface area contributed by atoms with E-state index >= 15 is 0 Å². The van der Waals surface area contributed by atoms with Gasteiger partial charge in [0.05, 0.1) is 4.88 Å². The number of H-pyrrole nitrogens is 1. The molecule has 0 saturated carbocycles. The van der Waals surface area contributed by atoms with Crippen molar-refractivity contribution in [3.8, 4) is 10.7 Å². The second-order valence-electron chi connectivity index (χ2n) is 5.32. The summed E-state index contributed by atoms with van der Waals surface area (Å²) in [7, 11) is 0. The zero-order valence-electron chi connectivity index (χ0n) is 13.0. The van der Waals surface area contributed by atoms with E-state index in [9.17, 15) is 4.79 Å². The Hall–Kier alpha value is -1.77. The summed E-state index contributed by atoms with van der Waals surface area (Å²) in [6, 6.07) is 9.14. The fraction of sp³-hybridized carbons (Fsp3) is 0.188. The van der Waals surface area contributed by atoms with Crippen LogP contribution in [0.15, 0.2) is 40.2 Å². The van der Waals surface area contributed by atoms with Crippen LogP contribution < -0.4 is 5.32 Å². The molecule has 1 unspecified atom stereocenters. The Morgan fingerprint density at radius 3 is 2.92 bits per heavy atom. The zero-order chi connectivity index (χ0) is 17.3. The van der Waals surface area contributed by atoms with Crippen molar-refractivity contribution in [3.05, 3.63) is 50.5 Å². The molecule has 0 aliphatic heterocycles. The highest BCUT2D eigenvalue weighted by Crippen LogP contribution is 2.27. The van der Waals surface area contributed by atoms with Gasteiger partial charge in [-0.2, -0.15) is 5.10 Å². The maximum absolute atomic E-state index is 12.7. The fourth-order valence-corrected chi connectivity index (χ4v) is 3.84. The Bertz CT molecular complexity index is 930. The van der Waals surface area contributed by atoms with Crippen molar-refractivity contribution in [2.45, 2.75) is 19.9 Å². The molecule has 0 spiro atoms. The molecule has 0 aliphatic rings. The monoisotopic (exact) mass is 422 g/mol. The van der Waals surface area contributed by atoms with Crippen molar-refractivity contribution in [2.75, 3.05) is 5.32 Å². The second kappa shape index (κ2) is 7.00. The van der Waals surface area contributed by atoms with Gasteiger partial charge in [0.1, 0.15) is 6.04 Å². The molecule has 0 fully saturated rings. The third-order valence-corrected chi connectivity index (χ3v) is 5.31. The van der Waals surface area contributed by atoms with Crippen LogP contribution in [-0.4, -0.2) is 20.7 Å². The minimum atomic E-state index is -0.489. The van der Waals surface area contributed by atoms with E-state index in [2.05, 4.69) is 31.4 Å². The molecular weight excluding hydrogens is 408 g/mol. The minimum Gasteiger partial charge on any atom is -0.324 e. The number of hydrogen-bond donors (Lipinski definition) is 2. The Labute approximate surface area is 156 Å². The molecule has 3 aromatic rings. The van der Waals surface area contributed by atoms with Gasteiger partial charge in [-0.25, -0.2) is 0 Å². The lowest BCUT2D eigenvalue weighted by Crippen LogP contribution is -2.24. The van der Waals surface area contributed by atoms with Gasteiger partial charge in [0.25, 0.3) is 0 Å². The molecular formula is C16H15BrN4OS2. The van der Waals surface area contributed by atoms with E-state index in [0.717, 1.165) is 20.6 Å². The first-order chi connectivity index (χ1) is 11.5. The first-order valence-electron chi connectivity index (χ1n) is 7.25. The van der Waals surface area contributed by atoms with Crippen LogP contribution in [0.1, 0.15) is 18.5 Å². The second-order valence-corrected chi connectivity index (χ2v) is 7.57. The van der Waals surface area contributed by atoms with Crippen LogP contribution in [-0.2, 0) is 4.79 Å². The molecule has 1 aromatic carbocycles. The van der Waals surface area contributed by atoms with Crippen LogP contribution in [0, 0.1) is 11.7 Å². The highest BCUT2D eigenvalue weighted by molar-refractivity contribution is 9.10. The lowest BCUT2D eigenvalue weighted by Gasteiger charge is -2.16. The number of aryl methyl sites for hydroxylation is 1. The molecule has 0 aliphatic carbocycles. The molecule has 0 saturated heterocycles. The molecule has 2 N–H and O–H groups in total. The van der Waals surface area contributed by atoms with Crippen LogP contribution in [0.2, 0.25) is 0 Å². The van der Waals surface area contributed by atoms with Crippen molar-refractivity contribution in [3.63, 3.8) is 0 Å². The number of carbonyl (C=O) groups is 1. The maximum Gasteiger partial charge on any atom is 0.247 e. The number of amides is 1. The van der Waals surface area contributed by atoms with Gasteiger partial charge in [-0.15, -0.1) is 11.3 Å². The largest absolute Gasteiger partial charge is 0.324 e. The van der Waals surface area contributed by atoms with Crippen molar-refractivity contribution < 1.29 is 4.79 Å². The standard InChI is InChI=1S/C16H15BrN4OS2/c1-9-8-11(17)5-6-12(9)18-15(22)10(2)21-14(19-20-16(21)23)13-4-3-7-24-13/h3-8,10H,1-2H3,(H,18,22)(H,20,23). The molecule has 24 heavy (non-hydrogen) atoms. The average Bonchev–Trinajstić information content (AvgIpc) is 3.18. The Kier molecular flexibility index (Phi) is 4.98. The smallest absolute Gasteiger partial charge is 0.247 e. The Morgan fingerprint density at radius 1 is 1.46 bits per heavy atom. The number of anilines is 1. The number of halogens is 1. The first kappa shape index (κ1) is 17.1. The van der Waals surface area contributed by atoms with Gasteiger partial charge in [-0.1, -0.05) is 22.0 Å². The third kappa shape index (κ3) is 3.35. The first-order valence-corrected chi connectivity index (χ1v) is 9.33. The van der Waals surface area contributed by atoms with Crippen LogP contribution >= 0.6 is 39.5 Å². The van der Waals surface area contributed by atoms with Gasteiger partial charge in [-0.3, -0.25) is 14.5 Å². The van der Waals surface area contributed by atoms with E-state index in [-0.39, 0.29) is 5.91 Å². The van der Waals surface area contributed by atoms with E-state index in [1.165, 1.54) is 0 Å². The van der Waals surface area contributed by atoms with Gasteiger partial charge in [0.15, 0.2) is 10.6 Å². The average molecular weight is 423 g/mol. The predicted octanol–water partition coefficient (Wildman–Crippen LogP) is 4.94. The topological polar surface area (TPSA) is 62.7 Å². The Morgan fingerprint density at radius 2 is 2.25 bits per heavy atom. The molecule has 2 heterocycles. The number of hydrogen-bond acceptors (Lipinski definition) is 4. The van der Waals surface area contributed by atoms with Gasteiger partial charge in [0, 0.05) is 10.2 Å². The summed E-state index contributed by atoms with van der Waals surface area (Å²) in [5, 5.41) is 12.0. The molecule has 1 amide bonds. The number of benzene rings is 1.